The molecule has 0 radical (unpaired) electrons. The first kappa shape index (κ1) is 26.2. The van der Waals surface area contributed by atoms with Crippen molar-refractivity contribution in [2.75, 3.05) is 25.7 Å². The van der Waals surface area contributed by atoms with Crippen molar-refractivity contribution in [2.24, 2.45) is 0 Å². The zero-order valence-electron chi connectivity index (χ0n) is 19.3. The zero-order chi connectivity index (χ0) is 23.5. The van der Waals surface area contributed by atoms with Crippen LogP contribution in [0.5, 0.6) is 0 Å². The van der Waals surface area contributed by atoms with Gasteiger partial charge >= 0.3 is 5.69 Å². The van der Waals surface area contributed by atoms with Gasteiger partial charge in [0.05, 0.1) is 18.1 Å². The van der Waals surface area contributed by atoms with E-state index >= 15 is 0 Å². The lowest BCUT2D eigenvalue weighted by atomic mass is 10.1. The number of aromatic nitrogens is 2. The molecule has 3 rings (SSSR count). The maximum absolute atomic E-state index is 12.4. The van der Waals surface area contributed by atoms with Gasteiger partial charge in [-0.25, -0.2) is 4.79 Å². The second kappa shape index (κ2) is 14.1. The fourth-order valence-electron chi connectivity index (χ4n) is 4.14. The van der Waals surface area contributed by atoms with Crippen molar-refractivity contribution < 1.29 is 24.1 Å². The van der Waals surface area contributed by atoms with Gasteiger partial charge < -0.3 is 24.1 Å². The summed E-state index contributed by atoms with van der Waals surface area (Å²) in [5.74, 6) is 1.53. The molecule has 0 bridgehead atoms. The number of halogens is 1. The summed E-state index contributed by atoms with van der Waals surface area (Å²) in [6.45, 7) is 1.38. The van der Waals surface area contributed by atoms with Crippen molar-refractivity contribution in [2.45, 2.75) is 89.1 Å². The Morgan fingerprint density at radius 2 is 1.79 bits per heavy atom. The van der Waals surface area contributed by atoms with E-state index in [4.69, 9.17) is 25.5 Å². The summed E-state index contributed by atoms with van der Waals surface area (Å²) < 4.78 is 18.3. The SMILES string of the molecule is O=c1nc2oc(CCCCCCCCCOCCCCCl)cc2cn1[C@H]1C[C@H](O)[C@@H](CO)O1. The van der Waals surface area contributed by atoms with E-state index in [1.54, 1.807) is 6.20 Å². The first-order valence-electron chi connectivity index (χ1n) is 12.2. The molecule has 0 amide bonds. The molecule has 1 fully saturated rings. The van der Waals surface area contributed by atoms with Gasteiger partial charge in [0.2, 0.25) is 5.71 Å². The fraction of sp³-hybridized carbons (Fsp3) is 0.750. The minimum atomic E-state index is -0.804. The molecule has 2 aromatic heterocycles. The summed E-state index contributed by atoms with van der Waals surface area (Å²) in [6.07, 6.45) is 10.8. The molecule has 8 nitrogen and oxygen atoms in total. The maximum Gasteiger partial charge on any atom is 0.353 e. The first-order chi connectivity index (χ1) is 16.1. The van der Waals surface area contributed by atoms with Crippen molar-refractivity contribution in [1.29, 1.82) is 0 Å². The molecule has 0 spiro atoms. The molecule has 9 heteroatoms. The molecule has 2 aromatic rings. The molecule has 2 N–H and O–H groups in total. The maximum atomic E-state index is 12.4. The van der Waals surface area contributed by atoms with Crippen molar-refractivity contribution in [3.8, 4) is 0 Å². The Balaban J connectivity index is 1.33. The lowest BCUT2D eigenvalue weighted by Crippen LogP contribution is -2.27. The Morgan fingerprint density at radius 1 is 1.09 bits per heavy atom. The summed E-state index contributed by atoms with van der Waals surface area (Å²) in [5.41, 5.74) is -0.159. The number of ether oxygens (including phenoxy) is 2. The number of nitrogens with zero attached hydrogens (tertiary/aromatic N) is 2. The van der Waals surface area contributed by atoms with Crippen LogP contribution in [0.3, 0.4) is 0 Å². The summed E-state index contributed by atoms with van der Waals surface area (Å²) in [4.78, 5) is 16.4. The number of alkyl halides is 1. The average molecular weight is 485 g/mol. The van der Waals surface area contributed by atoms with Gasteiger partial charge in [0.1, 0.15) is 18.1 Å². The highest BCUT2D eigenvalue weighted by Gasteiger charge is 2.35. The zero-order valence-corrected chi connectivity index (χ0v) is 20.0. The van der Waals surface area contributed by atoms with E-state index in [0.717, 1.165) is 62.9 Å². The van der Waals surface area contributed by atoms with E-state index < -0.39 is 24.1 Å². The molecule has 186 valence electrons. The number of hydrogen-bond donors (Lipinski definition) is 2. The lowest BCUT2D eigenvalue weighted by molar-refractivity contribution is -0.0457. The fourth-order valence-corrected chi connectivity index (χ4v) is 4.33. The molecule has 0 saturated carbocycles. The molecule has 33 heavy (non-hydrogen) atoms. The minimum absolute atomic E-state index is 0.241. The third-order valence-electron chi connectivity index (χ3n) is 6.07. The highest BCUT2D eigenvalue weighted by molar-refractivity contribution is 6.17. The van der Waals surface area contributed by atoms with Gasteiger partial charge in [-0.3, -0.25) is 4.57 Å². The summed E-state index contributed by atoms with van der Waals surface area (Å²) >= 11 is 5.64. The molecule has 0 unspecified atom stereocenters. The molecular weight excluding hydrogens is 448 g/mol. The molecule has 1 saturated heterocycles. The largest absolute Gasteiger partial charge is 0.443 e. The molecule has 1 aliphatic rings. The van der Waals surface area contributed by atoms with Crippen molar-refractivity contribution in [3.63, 3.8) is 0 Å². The van der Waals surface area contributed by atoms with Crippen LogP contribution >= 0.6 is 11.6 Å². The van der Waals surface area contributed by atoms with Crippen molar-refractivity contribution in [3.05, 3.63) is 28.5 Å². The number of unbranched alkanes of at least 4 members (excludes halogenated alkanes) is 7. The number of rotatable bonds is 16. The van der Waals surface area contributed by atoms with Gasteiger partial charge in [0.15, 0.2) is 0 Å². The van der Waals surface area contributed by atoms with Crippen LogP contribution in [0.4, 0.5) is 0 Å². The monoisotopic (exact) mass is 484 g/mol. The summed E-state index contributed by atoms with van der Waals surface area (Å²) in [7, 11) is 0. The van der Waals surface area contributed by atoms with E-state index in [-0.39, 0.29) is 13.0 Å². The quantitative estimate of drug-likeness (QED) is 0.274. The van der Waals surface area contributed by atoms with Crippen LogP contribution < -0.4 is 5.69 Å². The first-order valence-corrected chi connectivity index (χ1v) is 12.8. The third kappa shape index (κ3) is 8.07. The highest BCUT2D eigenvalue weighted by atomic mass is 35.5. The predicted octanol–water partition coefficient (Wildman–Crippen LogP) is 3.94. The second-order valence-electron chi connectivity index (χ2n) is 8.75. The van der Waals surface area contributed by atoms with Gasteiger partial charge in [0, 0.05) is 38.1 Å². The van der Waals surface area contributed by atoms with E-state index in [1.165, 1.54) is 30.3 Å². The number of aliphatic hydroxyl groups excluding tert-OH is 2. The number of hydrogen-bond acceptors (Lipinski definition) is 7. The molecule has 0 aromatic carbocycles. The Kier molecular flexibility index (Phi) is 11.1. The Labute approximate surface area is 199 Å². The van der Waals surface area contributed by atoms with Crippen LogP contribution in [-0.4, -0.2) is 57.7 Å². The van der Waals surface area contributed by atoms with Crippen LogP contribution in [0.15, 0.2) is 21.5 Å². The van der Waals surface area contributed by atoms with E-state index in [0.29, 0.717) is 11.6 Å². The van der Waals surface area contributed by atoms with E-state index in [1.807, 2.05) is 6.07 Å². The van der Waals surface area contributed by atoms with Gasteiger partial charge in [-0.1, -0.05) is 32.1 Å². The minimum Gasteiger partial charge on any atom is -0.443 e. The molecule has 0 aliphatic carbocycles. The normalized spacial score (nSPS) is 20.8. The second-order valence-corrected chi connectivity index (χ2v) is 9.13. The topological polar surface area (TPSA) is 107 Å². The smallest absolute Gasteiger partial charge is 0.353 e. The summed E-state index contributed by atoms with van der Waals surface area (Å²) in [5, 5.41) is 19.9. The van der Waals surface area contributed by atoms with Crippen LogP contribution in [0.2, 0.25) is 0 Å². The van der Waals surface area contributed by atoms with Crippen LogP contribution in [-0.2, 0) is 15.9 Å². The number of aliphatic hydroxyl groups is 2. The van der Waals surface area contributed by atoms with Gasteiger partial charge in [-0.2, -0.15) is 4.98 Å². The average Bonchev–Trinajstić information content (AvgIpc) is 3.38. The highest BCUT2D eigenvalue weighted by Crippen LogP contribution is 2.28. The number of fused-ring (bicyclic) bond motifs is 1. The van der Waals surface area contributed by atoms with Gasteiger partial charge in [0.25, 0.3) is 0 Å². The van der Waals surface area contributed by atoms with Crippen LogP contribution in [0.25, 0.3) is 11.1 Å². The molecular formula is C24H37ClN2O6. The Morgan fingerprint density at radius 3 is 2.48 bits per heavy atom. The van der Waals surface area contributed by atoms with E-state index in [9.17, 15) is 15.0 Å². The number of aryl methyl sites for hydroxylation is 1. The van der Waals surface area contributed by atoms with Crippen LogP contribution in [0.1, 0.15) is 76.2 Å². The number of furan rings is 1. The Hall–Kier alpha value is -1.45. The van der Waals surface area contributed by atoms with Gasteiger partial charge in [-0.05, 0) is 31.7 Å². The van der Waals surface area contributed by atoms with E-state index in [2.05, 4.69) is 4.98 Å². The van der Waals surface area contributed by atoms with Crippen LogP contribution in [0, 0.1) is 0 Å². The molecule has 3 heterocycles. The predicted molar refractivity (Wildman–Crippen MR) is 127 cm³/mol. The standard InChI is InChI=1S/C24H37ClN2O6/c25-11-7-9-13-31-12-8-5-3-1-2-4-6-10-19-14-18-16-27(24(30)26-23(18)32-19)22-15-20(29)21(17-28)33-22/h14,16,20-22,28-29H,1-13,15,17H2/t20-,21+,22+/m0/s1. The molecule has 3 atom stereocenters. The summed E-state index contributed by atoms with van der Waals surface area (Å²) in [6, 6.07) is 1.92. The van der Waals surface area contributed by atoms with Crippen molar-refractivity contribution in [1.82, 2.24) is 9.55 Å². The lowest BCUT2D eigenvalue weighted by Gasteiger charge is -2.13. The van der Waals surface area contributed by atoms with Gasteiger partial charge in [-0.15, -0.1) is 11.6 Å². The molecule has 1 aliphatic heterocycles. The van der Waals surface area contributed by atoms with Crippen molar-refractivity contribution >= 4 is 22.7 Å². The Bertz CT molecular complexity index is 885. The third-order valence-corrected chi connectivity index (χ3v) is 6.33.